The molecule has 1 N–H and O–H groups in total. The van der Waals surface area contributed by atoms with Crippen molar-refractivity contribution in [2.24, 2.45) is 5.92 Å². The van der Waals surface area contributed by atoms with Gasteiger partial charge in [-0.1, -0.05) is 6.92 Å². The Labute approximate surface area is 84.7 Å². The minimum absolute atomic E-state index is 0.0967. The Morgan fingerprint density at radius 1 is 1.36 bits per heavy atom. The average molecular weight is 206 g/mol. The van der Waals surface area contributed by atoms with Gasteiger partial charge in [0, 0.05) is 0 Å². The van der Waals surface area contributed by atoms with Crippen molar-refractivity contribution in [1.82, 2.24) is 10.2 Å². The van der Waals surface area contributed by atoms with Crippen LogP contribution in [0.5, 0.6) is 0 Å². The van der Waals surface area contributed by atoms with E-state index in [0.29, 0.717) is 5.92 Å². The zero-order valence-electron chi connectivity index (χ0n) is 9.02. The number of likely N-dealkylation sites (tertiary alicyclic amines) is 1. The molecule has 0 bridgehead atoms. The summed E-state index contributed by atoms with van der Waals surface area (Å²) in [5.74, 6) is -1.89. The lowest BCUT2D eigenvalue weighted by molar-refractivity contribution is -0.0354. The highest BCUT2D eigenvalue weighted by Crippen LogP contribution is 2.20. The van der Waals surface area contributed by atoms with Gasteiger partial charge in [0.2, 0.25) is 0 Å². The van der Waals surface area contributed by atoms with Crippen molar-refractivity contribution < 1.29 is 8.78 Å². The van der Waals surface area contributed by atoms with Crippen LogP contribution in [0.15, 0.2) is 0 Å². The monoisotopic (exact) mass is 206 g/mol. The van der Waals surface area contributed by atoms with Crippen molar-refractivity contribution in [3.05, 3.63) is 0 Å². The van der Waals surface area contributed by atoms with Gasteiger partial charge in [0.25, 0.3) is 5.92 Å². The van der Waals surface area contributed by atoms with Gasteiger partial charge in [0.15, 0.2) is 0 Å². The molecule has 0 aromatic rings. The number of hydrogen-bond donors (Lipinski definition) is 1. The predicted octanol–water partition coefficient (Wildman–Crippen LogP) is 1.57. The summed E-state index contributed by atoms with van der Waals surface area (Å²) in [7, 11) is 1.56. The Morgan fingerprint density at radius 3 is 2.43 bits per heavy atom. The normalized spacial score (nSPS) is 21.4. The highest BCUT2D eigenvalue weighted by molar-refractivity contribution is 4.77. The van der Waals surface area contributed by atoms with Crippen LogP contribution in [-0.2, 0) is 0 Å². The Morgan fingerprint density at radius 2 is 1.93 bits per heavy atom. The van der Waals surface area contributed by atoms with E-state index < -0.39 is 5.92 Å². The first kappa shape index (κ1) is 11.9. The maximum absolute atomic E-state index is 13.2. The quantitative estimate of drug-likeness (QED) is 0.751. The molecule has 0 unspecified atom stereocenters. The molecule has 84 valence electrons. The highest BCUT2D eigenvalue weighted by Gasteiger charge is 2.31. The lowest BCUT2D eigenvalue weighted by Gasteiger charge is -2.32. The molecule has 0 saturated carbocycles. The summed E-state index contributed by atoms with van der Waals surface area (Å²) in [6.07, 6.45) is 2.10. The molecule has 1 rings (SSSR count). The maximum Gasteiger partial charge on any atom is 0.272 e. The van der Waals surface area contributed by atoms with Gasteiger partial charge in [-0.25, -0.2) is 8.78 Å². The molecule has 1 fully saturated rings. The van der Waals surface area contributed by atoms with Crippen LogP contribution in [0.3, 0.4) is 0 Å². The Balaban J connectivity index is 2.29. The topological polar surface area (TPSA) is 15.3 Å². The number of hydrogen-bond acceptors (Lipinski definition) is 2. The number of halogens is 2. The summed E-state index contributed by atoms with van der Waals surface area (Å²) in [4.78, 5) is 1.87. The molecule has 1 aliphatic rings. The first-order chi connectivity index (χ1) is 6.53. The van der Waals surface area contributed by atoms with Crippen LogP contribution in [-0.4, -0.2) is 44.0 Å². The van der Waals surface area contributed by atoms with E-state index in [1.807, 2.05) is 4.90 Å². The van der Waals surface area contributed by atoms with Gasteiger partial charge >= 0.3 is 0 Å². The number of alkyl halides is 2. The molecule has 4 heteroatoms. The summed E-state index contributed by atoms with van der Waals surface area (Å²) in [5, 5.41) is 2.53. The molecule has 1 heterocycles. The Bertz CT molecular complexity index is 166. The highest BCUT2D eigenvalue weighted by atomic mass is 19.3. The van der Waals surface area contributed by atoms with Gasteiger partial charge in [-0.2, -0.15) is 0 Å². The summed E-state index contributed by atoms with van der Waals surface area (Å²) >= 11 is 0. The van der Waals surface area contributed by atoms with E-state index in [4.69, 9.17) is 0 Å². The predicted molar refractivity (Wildman–Crippen MR) is 53.7 cm³/mol. The number of piperidine rings is 1. The summed E-state index contributed by atoms with van der Waals surface area (Å²) in [6.45, 7) is 3.50. The van der Waals surface area contributed by atoms with Crippen molar-refractivity contribution in [1.29, 1.82) is 0 Å². The molecule has 0 aromatic heterocycles. The molecule has 1 aliphatic heterocycles. The van der Waals surface area contributed by atoms with E-state index in [0.717, 1.165) is 25.9 Å². The third-order valence-corrected chi connectivity index (χ3v) is 2.77. The fraction of sp³-hybridized carbons (Fsp3) is 1.00. The SMILES string of the molecule is CNCC(F)(F)CN1CCC(C)CC1. The van der Waals surface area contributed by atoms with E-state index in [-0.39, 0.29) is 13.1 Å². The number of nitrogens with one attached hydrogen (secondary N) is 1. The van der Waals surface area contributed by atoms with Crippen LogP contribution in [0.1, 0.15) is 19.8 Å². The molecule has 0 amide bonds. The maximum atomic E-state index is 13.2. The molecule has 1 saturated heterocycles. The van der Waals surface area contributed by atoms with Crippen LogP contribution in [0, 0.1) is 5.92 Å². The molecule has 0 aliphatic carbocycles. The molecular formula is C10H20F2N2. The molecular weight excluding hydrogens is 186 g/mol. The average Bonchev–Trinajstić information content (AvgIpc) is 2.08. The second kappa shape index (κ2) is 5.03. The van der Waals surface area contributed by atoms with E-state index in [1.54, 1.807) is 7.05 Å². The largest absolute Gasteiger partial charge is 0.314 e. The van der Waals surface area contributed by atoms with Gasteiger partial charge in [-0.05, 0) is 38.9 Å². The number of rotatable bonds is 4. The number of nitrogens with zero attached hydrogens (tertiary/aromatic N) is 1. The standard InChI is InChI=1S/C10H20F2N2/c1-9-3-5-14(6-4-9)8-10(11,12)7-13-2/h9,13H,3-8H2,1-2H3. The Hall–Kier alpha value is -0.220. The first-order valence-corrected chi connectivity index (χ1v) is 5.28. The van der Waals surface area contributed by atoms with Crippen LogP contribution in [0.4, 0.5) is 8.78 Å². The minimum atomic E-state index is -2.59. The van der Waals surface area contributed by atoms with Crippen molar-refractivity contribution in [2.45, 2.75) is 25.7 Å². The van der Waals surface area contributed by atoms with Crippen molar-refractivity contribution in [3.8, 4) is 0 Å². The van der Waals surface area contributed by atoms with Gasteiger partial charge in [-0.15, -0.1) is 0 Å². The third kappa shape index (κ3) is 3.88. The zero-order chi connectivity index (χ0) is 10.6. The van der Waals surface area contributed by atoms with Gasteiger partial charge in [0.05, 0.1) is 13.1 Å². The first-order valence-electron chi connectivity index (χ1n) is 5.28. The second-order valence-corrected chi connectivity index (χ2v) is 4.34. The Kier molecular flexibility index (Phi) is 4.26. The third-order valence-electron chi connectivity index (χ3n) is 2.77. The van der Waals surface area contributed by atoms with Crippen molar-refractivity contribution in [3.63, 3.8) is 0 Å². The fourth-order valence-corrected chi connectivity index (χ4v) is 1.86. The smallest absolute Gasteiger partial charge is 0.272 e. The summed E-state index contributed by atoms with van der Waals surface area (Å²) in [6, 6.07) is 0. The lowest BCUT2D eigenvalue weighted by atomic mass is 9.99. The van der Waals surface area contributed by atoms with Gasteiger partial charge < -0.3 is 5.32 Å². The minimum Gasteiger partial charge on any atom is -0.314 e. The van der Waals surface area contributed by atoms with Gasteiger partial charge in [-0.3, -0.25) is 4.90 Å². The molecule has 14 heavy (non-hydrogen) atoms. The lowest BCUT2D eigenvalue weighted by Crippen LogP contribution is -2.45. The van der Waals surface area contributed by atoms with Crippen LogP contribution < -0.4 is 5.32 Å². The summed E-state index contributed by atoms with van der Waals surface area (Å²) < 4.78 is 26.4. The van der Waals surface area contributed by atoms with E-state index in [2.05, 4.69) is 12.2 Å². The van der Waals surface area contributed by atoms with Crippen molar-refractivity contribution in [2.75, 3.05) is 33.2 Å². The molecule has 0 radical (unpaired) electrons. The van der Waals surface area contributed by atoms with E-state index >= 15 is 0 Å². The van der Waals surface area contributed by atoms with Crippen LogP contribution >= 0.6 is 0 Å². The van der Waals surface area contributed by atoms with Crippen molar-refractivity contribution >= 4 is 0 Å². The zero-order valence-corrected chi connectivity index (χ0v) is 9.02. The fourth-order valence-electron chi connectivity index (χ4n) is 1.86. The molecule has 2 nitrogen and oxygen atoms in total. The summed E-state index contributed by atoms with van der Waals surface area (Å²) in [5.41, 5.74) is 0. The van der Waals surface area contributed by atoms with E-state index in [1.165, 1.54) is 0 Å². The van der Waals surface area contributed by atoms with Gasteiger partial charge in [0.1, 0.15) is 0 Å². The van der Waals surface area contributed by atoms with Crippen LogP contribution in [0.25, 0.3) is 0 Å². The van der Waals surface area contributed by atoms with Crippen LogP contribution in [0.2, 0.25) is 0 Å². The second-order valence-electron chi connectivity index (χ2n) is 4.34. The molecule has 0 atom stereocenters. The molecule has 0 aromatic carbocycles. The van der Waals surface area contributed by atoms with E-state index in [9.17, 15) is 8.78 Å². The molecule has 0 spiro atoms.